The number of nitrogens with one attached hydrogen (secondary N) is 2. The van der Waals surface area contributed by atoms with Crippen molar-refractivity contribution in [3.05, 3.63) is 59.4 Å². The van der Waals surface area contributed by atoms with Crippen molar-refractivity contribution in [3.8, 4) is 10.8 Å². The molecule has 3 rings (SSSR count). The normalized spacial score (nSPS) is 12.4. The summed E-state index contributed by atoms with van der Waals surface area (Å²) >= 11 is 0.939. The lowest BCUT2D eigenvalue weighted by atomic mass is 10.2. The molecule has 40 heavy (non-hydrogen) atoms. The number of aromatic nitrogens is 2. The molecule has 0 aliphatic carbocycles. The second-order valence-corrected chi connectivity index (χ2v) is 10.7. The summed E-state index contributed by atoms with van der Waals surface area (Å²) < 4.78 is 51.9. The van der Waals surface area contributed by atoms with Crippen LogP contribution >= 0.6 is 11.3 Å². The Morgan fingerprint density at radius 3 is 2.42 bits per heavy atom. The molecule has 1 unspecified atom stereocenters. The Labute approximate surface area is 233 Å². The van der Waals surface area contributed by atoms with E-state index in [0.29, 0.717) is 22.4 Å². The molecule has 0 spiro atoms. The van der Waals surface area contributed by atoms with Crippen LogP contribution in [0.4, 0.5) is 23.0 Å². The number of alkyl carbamates (subject to hydrolysis) is 1. The Kier molecular flexibility index (Phi) is 9.13. The minimum atomic E-state index is -4.79. The number of thiophene rings is 1. The van der Waals surface area contributed by atoms with E-state index in [2.05, 4.69) is 15.7 Å². The molecule has 14 heteroatoms. The molecule has 0 saturated carbocycles. The highest BCUT2D eigenvalue weighted by molar-refractivity contribution is 7.18. The van der Waals surface area contributed by atoms with Gasteiger partial charge in [-0.1, -0.05) is 29.5 Å². The SMILES string of the molecule is COc1ccccc1CNC(=O)c1cc(C(F)(F)F)nn1-c1ccc(N(C)C(=O)C(C)NC(=O)OC(C)(C)C)s1. The number of carbonyl (C=O) groups excluding carboxylic acids is 3. The van der Waals surface area contributed by atoms with E-state index in [1.807, 2.05) is 0 Å². The summed E-state index contributed by atoms with van der Waals surface area (Å²) in [5, 5.41) is 9.20. The summed E-state index contributed by atoms with van der Waals surface area (Å²) in [5.74, 6) is -0.771. The van der Waals surface area contributed by atoms with Gasteiger partial charge in [0.1, 0.15) is 28.1 Å². The second kappa shape index (κ2) is 12.0. The molecule has 10 nitrogen and oxygen atoms in total. The van der Waals surface area contributed by atoms with Crippen molar-refractivity contribution < 1.29 is 37.0 Å². The third-order valence-corrected chi connectivity index (χ3v) is 6.55. The van der Waals surface area contributed by atoms with Crippen molar-refractivity contribution in [2.24, 2.45) is 0 Å². The molecule has 2 N–H and O–H groups in total. The zero-order valence-corrected chi connectivity index (χ0v) is 23.6. The molecule has 0 bridgehead atoms. The molecular formula is C26H30F3N5O5S. The smallest absolute Gasteiger partial charge is 0.435 e. The number of alkyl halides is 3. The molecular weight excluding hydrogens is 551 g/mol. The Bertz CT molecular complexity index is 1380. The highest BCUT2D eigenvalue weighted by Crippen LogP contribution is 2.33. The molecule has 0 fully saturated rings. The summed E-state index contributed by atoms with van der Waals surface area (Å²) in [7, 11) is 2.92. The lowest BCUT2D eigenvalue weighted by Gasteiger charge is -2.24. The molecule has 0 saturated heterocycles. The number of rotatable bonds is 8. The van der Waals surface area contributed by atoms with E-state index in [1.165, 1.54) is 38.1 Å². The van der Waals surface area contributed by atoms with Crippen molar-refractivity contribution in [1.29, 1.82) is 0 Å². The van der Waals surface area contributed by atoms with Gasteiger partial charge in [-0.15, -0.1) is 0 Å². The molecule has 1 aromatic carbocycles. The van der Waals surface area contributed by atoms with Gasteiger partial charge in [0.25, 0.3) is 5.91 Å². The third-order valence-electron chi connectivity index (χ3n) is 5.42. The van der Waals surface area contributed by atoms with Crippen LogP contribution in [0, 0.1) is 0 Å². The van der Waals surface area contributed by atoms with Crippen LogP contribution in [0.1, 0.15) is 49.4 Å². The Morgan fingerprint density at radius 1 is 1.12 bits per heavy atom. The van der Waals surface area contributed by atoms with Gasteiger partial charge in [-0.3, -0.25) is 9.59 Å². The number of anilines is 1. The van der Waals surface area contributed by atoms with Crippen LogP contribution in [0.25, 0.3) is 5.00 Å². The molecule has 0 aliphatic rings. The average Bonchev–Trinajstić information content (AvgIpc) is 3.53. The van der Waals surface area contributed by atoms with Crippen LogP contribution in [-0.4, -0.2) is 53.5 Å². The first-order valence-electron chi connectivity index (χ1n) is 12.1. The van der Waals surface area contributed by atoms with Crippen LogP contribution < -0.4 is 20.3 Å². The van der Waals surface area contributed by atoms with Crippen LogP contribution in [0.15, 0.2) is 42.5 Å². The van der Waals surface area contributed by atoms with Crippen molar-refractivity contribution in [3.63, 3.8) is 0 Å². The Morgan fingerprint density at radius 2 is 1.80 bits per heavy atom. The summed E-state index contributed by atoms with van der Waals surface area (Å²) in [6, 6.07) is 9.56. The predicted molar refractivity (Wildman–Crippen MR) is 143 cm³/mol. The maximum Gasteiger partial charge on any atom is 0.435 e. The Balaban J connectivity index is 1.82. The largest absolute Gasteiger partial charge is 0.496 e. The second-order valence-electron chi connectivity index (χ2n) is 9.70. The first-order valence-corrected chi connectivity index (χ1v) is 12.9. The predicted octanol–water partition coefficient (Wildman–Crippen LogP) is 4.77. The van der Waals surface area contributed by atoms with E-state index in [1.54, 1.807) is 45.0 Å². The average molecular weight is 582 g/mol. The van der Waals surface area contributed by atoms with Gasteiger partial charge in [-0.05, 0) is 45.9 Å². The van der Waals surface area contributed by atoms with E-state index in [0.717, 1.165) is 16.0 Å². The zero-order chi connectivity index (χ0) is 29.8. The molecule has 1 atom stereocenters. The van der Waals surface area contributed by atoms with Gasteiger partial charge in [0, 0.05) is 25.2 Å². The topological polar surface area (TPSA) is 115 Å². The van der Waals surface area contributed by atoms with Gasteiger partial charge in [0.05, 0.1) is 12.1 Å². The number of hydrogen-bond acceptors (Lipinski definition) is 7. The van der Waals surface area contributed by atoms with E-state index in [-0.39, 0.29) is 17.2 Å². The maximum absolute atomic E-state index is 13.5. The molecule has 2 aromatic heterocycles. The monoisotopic (exact) mass is 581 g/mol. The lowest BCUT2D eigenvalue weighted by Crippen LogP contribution is -2.47. The van der Waals surface area contributed by atoms with E-state index >= 15 is 0 Å². The van der Waals surface area contributed by atoms with Crippen LogP contribution in [0.3, 0.4) is 0 Å². The fourth-order valence-electron chi connectivity index (χ4n) is 3.52. The van der Waals surface area contributed by atoms with Gasteiger partial charge >= 0.3 is 12.3 Å². The van der Waals surface area contributed by atoms with Gasteiger partial charge < -0.3 is 25.0 Å². The number of hydrogen-bond donors (Lipinski definition) is 2. The number of ether oxygens (including phenoxy) is 2. The number of halogens is 3. The summed E-state index contributed by atoms with van der Waals surface area (Å²) in [5.41, 5.74) is -1.71. The number of methoxy groups -OCH3 is 1. The number of likely N-dealkylation sites (N-methyl/N-ethyl adjacent to an activating group) is 1. The number of benzene rings is 1. The Hall–Kier alpha value is -4.07. The standard InChI is InChI=1S/C26H30F3N5O5S/c1-15(31-24(37)39-25(2,3)4)23(36)33(5)20-11-12-21(40-20)34-17(13-19(32-34)26(27,28)29)22(35)30-14-16-9-7-8-10-18(16)38-6/h7-13,15H,14H2,1-6H3,(H,30,35)(H,31,37). The molecule has 3 aromatic rings. The van der Waals surface area contributed by atoms with Crippen molar-refractivity contribution in [2.45, 2.75) is 52.1 Å². The first-order chi connectivity index (χ1) is 18.6. The molecule has 3 amide bonds. The molecule has 216 valence electrons. The molecule has 0 radical (unpaired) electrons. The highest BCUT2D eigenvalue weighted by atomic mass is 32.1. The fraction of sp³-hybridized carbons (Fsp3) is 0.385. The number of nitrogens with zero attached hydrogens (tertiary/aromatic N) is 3. The number of para-hydroxylation sites is 1. The maximum atomic E-state index is 13.5. The minimum Gasteiger partial charge on any atom is -0.496 e. The lowest BCUT2D eigenvalue weighted by molar-refractivity contribution is -0.141. The quantitative estimate of drug-likeness (QED) is 0.396. The van der Waals surface area contributed by atoms with E-state index in [9.17, 15) is 27.6 Å². The molecule has 2 heterocycles. The number of amides is 3. The number of carbonyl (C=O) groups is 3. The van der Waals surface area contributed by atoms with Gasteiger partial charge in [0.2, 0.25) is 5.91 Å². The van der Waals surface area contributed by atoms with Crippen molar-refractivity contribution in [1.82, 2.24) is 20.4 Å². The summed E-state index contributed by atoms with van der Waals surface area (Å²) in [6.45, 7) is 6.54. The minimum absolute atomic E-state index is 0.00481. The fourth-order valence-corrected chi connectivity index (χ4v) is 4.46. The van der Waals surface area contributed by atoms with Crippen molar-refractivity contribution >= 4 is 34.2 Å². The molecule has 0 aliphatic heterocycles. The first kappa shape index (κ1) is 30.5. The van der Waals surface area contributed by atoms with E-state index < -0.39 is 41.4 Å². The van der Waals surface area contributed by atoms with Gasteiger partial charge in [-0.2, -0.15) is 18.3 Å². The summed E-state index contributed by atoms with van der Waals surface area (Å²) in [4.78, 5) is 39.2. The van der Waals surface area contributed by atoms with Crippen LogP contribution in [0.5, 0.6) is 5.75 Å². The zero-order valence-electron chi connectivity index (χ0n) is 22.8. The van der Waals surface area contributed by atoms with Crippen LogP contribution in [0.2, 0.25) is 0 Å². The summed E-state index contributed by atoms with van der Waals surface area (Å²) in [6.07, 6.45) is -5.56. The van der Waals surface area contributed by atoms with Crippen LogP contribution in [-0.2, 0) is 22.3 Å². The van der Waals surface area contributed by atoms with Gasteiger partial charge in [0.15, 0.2) is 5.69 Å². The van der Waals surface area contributed by atoms with Gasteiger partial charge in [-0.25, -0.2) is 9.48 Å². The third kappa shape index (κ3) is 7.52. The highest BCUT2D eigenvalue weighted by Gasteiger charge is 2.36. The van der Waals surface area contributed by atoms with Crippen molar-refractivity contribution in [2.75, 3.05) is 19.1 Å². The van der Waals surface area contributed by atoms with E-state index in [4.69, 9.17) is 9.47 Å².